The van der Waals surface area contributed by atoms with E-state index in [1.807, 2.05) is 31.4 Å². The molecule has 0 saturated heterocycles. The molecule has 0 bridgehead atoms. The number of nitrogen functional groups attached to an aromatic ring is 1. The van der Waals surface area contributed by atoms with Gasteiger partial charge >= 0.3 is 0 Å². The van der Waals surface area contributed by atoms with E-state index in [0.29, 0.717) is 21.8 Å². The summed E-state index contributed by atoms with van der Waals surface area (Å²) in [6.07, 6.45) is 4.22. The maximum atomic E-state index is 12.9. The number of thiophene rings is 2. The number of fused-ring (bicyclic) bond motifs is 1. The number of nitrogens with one attached hydrogen (secondary N) is 1. The molecule has 5 nitrogen and oxygen atoms in total. The fourth-order valence-corrected chi connectivity index (χ4v) is 5.46. The largest absolute Gasteiger partial charge is 0.397 e. The number of hydrogen-bond acceptors (Lipinski definition) is 6. The van der Waals surface area contributed by atoms with Gasteiger partial charge in [-0.05, 0) is 79.3 Å². The molecule has 0 spiro atoms. The number of carbonyl (C=O) groups is 2. The van der Waals surface area contributed by atoms with Gasteiger partial charge in [0.25, 0.3) is 5.91 Å². The maximum absolute atomic E-state index is 12.9. The highest BCUT2D eigenvalue weighted by atomic mass is 32.1. The summed E-state index contributed by atoms with van der Waals surface area (Å²) in [4.78, 5) is 32.2. The second-order valence-electron chi connectivity index (χ2n) is 7.42. The molecule has 162 valence electrons. The zero-order chi connectivity index (χ0) is 22.8. The Balaban J connectivity index is 1.53. The van der Waals surface area contributed by atoms with Crippen molar-refractivity contribution in [2.24, 2.45) is 0 Å². The molecule has 3 aromatic heterocycles. The van der Waals surface area contributed by atoms with Crippen LogP contribution in [0.4, 0.5) is 11.4 Å². The monoisotopic (exact) mass is 461 g/mol. The molecule has 1 aromatic carbocycles. The Hall–Kier alpha value is -3.29. The Kier molecular flexibility index (Phi) is 6.21. The zero-order valence-corrected chi connectivity index (χ0v) is 19.7. The standard InChI is InChI=1S/C25H23N3O2S2/c1-4-19-14(2)21-22(26)23(32-25(21)27-15(19)3)24(30)28-17-9-7-16(8-10-17)20(29)12-11-18-6-5-13-31-18/h5-13H,4,26H2,1-3H3,(H,28,30)/b12-11+. The Labute approximate surface area is 194 Å². The number of rotatable bonds is 6. The lowest BCUT2D eigenvalue weighted by Crippen LogP contribution is -2.12. The molecule has 4 aromatic rings. The van der Waals surface area contributed by atoms with Crippen molar-refractivity contribution in [1.82, 2.24) is 4.98 Å². The summed E-state index contributed by atoms with van der Waals surface area (Å²) in [5.74, 6) is -0.369. The van der Waals surface area contributed by atoms with Crippen LogP contribution >= 0.6 is 22.7 Å². The summed E-state index contributed by atoms with van der Waals surface area (Å²) in [6.45, 7) is 6.11. The lowest BCUT2D eigenvalue weighted by atomic mass is 10.0. The Bertz CT molecular complexity index is 1330. The molecule has 7 heteroatoms. The molecule has 0 saturated carbocycles. The number of allylic oxidation sites excluding steroid dienone is 1. The van der Waals surface area contributed by atoms with E-state index in [1.165, 1.54) is 16.9 Å². The van der Waals surface area contributed by atoms with Gasteiger partial charge in [-0.15, -0.1) is 22.7 Å². The first-order valence-electron chi connectivity index (χ1n) is 10.2. The van der Waals surface area contributed by atoms with Crippen LogP contribution < -0.4 is 11.1 Å². The number of ketones is 1. The highest BCUT2D eigenvalue weighted by Gasteiger charge is 2.21. The van der Waals surface area contributed by atoms with E-state index in [4.69, 9.17) is 5.73 Å². The number of aromatic nitrogens is 1. The molecular formula is C25H23N3O2S2. The second-order valence-corrected chi connectivity index (χ2v) is 9.40. The summed E-state index contributed by atoms with van der Waals surface area (Å²) in [7, 11) is 0. The minimum atomic E-state index is -0.280. The number of pyridine rings is 1. The van der Waals surface area contributed by atoms with Crippen molar-refractivity contribution in [2.75, 3.05) is 11.1 Å². The third-order valence-corrected chi connectivity index (χ3v) is 7.33. The maximum Gasteiger partial charge on any atom is 0.267 e. The van der Waals surface area contributed by atoms with Crippen molar-refractivity contribution in [3.63, 3.8) is 0 Å². The molecule has 1 amide bonds. The molecule has 0 aliphatic rings. The Morgan fingerprint density at radius 1 is 1.16 bits per heavy atom. The first-order chi connectivity index (χ1) is 15.4. The van der Waals surface area contributed by atoms with Gasteiger partial charge in [-0.2, -0.15) is 0 Å². The average Bonchev–Trinajstić information content (AvgIpc) is 3.40. The zero-order valence-electron chi connectivity index (χ0n) is 18.1. The highest BCUT2D eigenvalue weighted by molar-refractivity contribution is 7.21. The number of benzene rings is 1. The SMILES string of the molecule is CCc1c(C)nc2sc(C(=O)Nc3ccc(C(=O)/C=C/c4cccs4)cc3)c(N)c2c1C. The summed E-state index contributed by atoms with van der Waals surface area (Å²) < 4.78 is 0. The van der Waals surface area contributed by atoms with E-state index in [-0.39, 0.29) is 11.7 Å². The molecule has 3 heterocycles. The van der Waals surface area contributed by atoms with Gasteiger partial charge in [-0.3, -0.25) is 9.59 Å². The van der Waals surface area contributed by atoms with Gasteiger partial charge in [0.05, 0.1) is 5.69 Å². The third kappa shape index (κ3) is 4.22. The molecule has 32 heavy (non-hydrogen) atoms. The quantitative estimate of drug-likeness (QED) is 0.262. The van der Waals surface area contributed by atoms with Crippen LogP contribution in [-0.2, 0) is 6.42 Å². The first kappa shape index (κ1) is 21.9. The van der Waals surface area contributed by atoms with Crippen molar-refractivity contribution in [2.45, 2.75) is 27.2 Å². The third-order valence-electron chi connectivity index (χ3n) is 5.39. The van der Waals surface area contributed by atoms with E-state index in [1.54, 1.807) is 47.8 Å². The number of hydrogen-bond donors (Lipinski definition) is 2. The molecule has 4 rings (SSSR count). The van der Waals surface area contributed by atoms with Crippen molar-refractivity contribution in [3.8, 4) is 0 Å². The number of anilines is 2. The van der Waals surface area contributed by atoms with Gasteiger partial charge in [0, 0.05) is 27.2 Å². The topological polar surface area (TPSA) is 85.1 Å². The van der Waals surface area contributed by atoms with Crippen molar-refractivity contribution < 1.29 is 9.59 Å². The van der Waals surface area contributed by atoms with Gasteiger partial charge in [0.2, 0.25) is 0 Å². The van der Waals surface area contributed by atoms with Crippen LogP contribution in [0.25, 0.3) is 16.3 Å². The molecule has 0 aliphatic carbocycles. The van der Waals surface area contributed by atoms with Gasteiger partial charge in [0.1, 0.15) is 9.71 Å². The molecule has 0 radical (unpaired) electrons. The van der Waals surface area contributed by atoms with Crippen molar-refractivity contribution >= 4 is 62.0 Å². The Morgan fingerprint density at radius 2 is 1.91 bits per heavy atom. The predicted molar refractivity (Wildman–Crippen MR) is 135 cm³/mol. The average molecular weight is 462 g/mol. The van der Waals surface area contributed by atoms with Gasteiger partial charge in [-0.1, -0.05) is 13.0 Å². The second kappa shape index (κ2) is 9.06. The molecule has 3 N–H and O–H groups in total. The van der Waals surface area contributed by atoms with E-state index >= 15 is 0 Å². The normalized spacial score (nSPS) is 11.3. The van der Waals surface area contributed by atoms with Crippen LogP contribution in [0.15, 0.2) is 47.9 Å². The van der Waals surface area contributed by atoms with Crippen LogP contribution in [0.1, 0.15) is 48.7 Å². The molecule has 0 unspecified atom stereocenters. The lowest BCUT2D eigenvalue weighted by molar-refractivity contribution is 0.102. The van der Waals surface area contributed by atoms with E-state index in [2.05, 4.69) is 17.2 Å². The van der Waals surface area contributed by atoms with Crippen LogP contribution in [-0.4, -0.2) is 16.7 Å². The van der Waals surface area contributed by atoms with Crippen LogP contribution in [0, 0.1) is 13.8 Å². The first-order valence-corrected chi connectivity index (χ1v) is 11.9. The van der Waals surface area contributed by atoms with Crippen LogP contribution in [0.5, 0.6) is 0 Å². The summed E-state index contributed by atoms with van der Waals surface area (Å²) in [5.41, 5.74) is 11.2. The van der Waals surface area contributed by atoms with E-state index < -0.39 is 0 Å². The molecule has 0 atom stereocenters. The number of amides is 1. The molecular weight excluding hydrogens is 438 g/mol. The smallest absolute Gasteiger partial charge is 0.267 e. The highest BCUT2D eigenvalue weighted by Crippen LogP contribution is 2.37. The summed E-state index contributed by atoms with van der Waals surface area (Å²) in [6, 6.07) is 10.7. The number of nitrogens with zero attached hydrogens (tertiary/aromatic N) is 1. The molecule has 0 fully saturated rings. The minimum Gasteiger partial charge on any atom is -0.397 e. The summed E-state index contributed by atoms with van der Waals surface area (Å²) >= 11 is 2.87. The van der Waals surface area contributed by atoms with E-state index in [9.17, 15) is 9.59 Å². The lowest BCUT2D eigenvalue weighted by Gasteiger charge is -2.08. The predicted octanol–water partition coefficient (Wildman–Crippen LogP) is 6.27. The molecule has 0 aliphatic heterocycles. The van der Waals surface area contributed by atoms with Gasteiger partial charge < -0.3 is 11.1 Å². The fourth-order valence-electron chi connectivity index (χ4n) is 3.75. The fraction of sp³-hybridized carbons (Fsp3) is 0.160. The minimum absolute atomic E-state index is 0.0892. The summed E-state index contributed by atoms with van der Waals surface area (Å²) in [5, 5.41) is 5.71. The Morgan fingerprint density at radius 3 is 2.56 bits per heavy atom. The number of aryl methyl sites for hydroxylation is 2. The van der Waals surface area contributed by atoms with Gasteiger partial charge in [0.15, 0.2) is 5.78 Å². The van der Waals surface area contributed by atoms with E-state index in [0.717, 1.165) is 32.8 Å². The number of nitrogens with two attached hydrogens (primary N) is 1. The van der Waals surface area contributed by atoms with Crippen LogP contribution in [0.2, 0.25) is 0 Å². The van der Waals surface area contributed by atoms with Crippen molar-refractivity contribution in [3.05, 3.63) is 80.0 Å². The number of carbonyl (C=O) groups excluding carboxylic acids is 2. The van der Waals surface area contributed by atoms with Gasteiger partial charge in [-0.25, -0.2) is 4.98 Å². The van der Waals surface area contributed by atoms with Crippen LogP contribution in [0.3, 0.4) is 0 Å². The van der Waals surface area contributed by atoms with Crippen molar-refractivity contribution in [1.29, 1.82) is 0 Å².